The summed E-state index contributed by atoms with van der Waals surface area (Å²) in [6, 6.07) is 15.0. The molecule has 0 saturated heterocycles. The van der Waals surface area contributed by atoms with E-state index in [1.807, 2.05) is 42.5 Å². The molecule has 0 spiro atoms. The number of esters is 1. The Labute approximate surface area is 215 Å². The number of rotatable bonds is 5. The lowest BCUT2D eigenvalue weighted by atomic mass is 9.87. The summed E-state index contributed by atoms with van der Waals surface area (Å²) in [7, 11) is 1.60. The summed E-state index contributed by atoms with van der Waals surface area (Å²) in [5, 5.41) is 0. The summed E-state index contributed by atoms with van der Waals surface area (Å²) in [4.78, 5) is 32.1. The van der Waals surface area contributed by atoms with Crippen LogP contribution in [0.3, 0.4) is 0 Å². The van der Waals surface area contributed by atoms with Gasteiger partial charge in [-0.2, -0.15) is 0 Å². The number of hydrogen-bond donors (Lipinski definition) is 0. The van der Waals surface area contributed by atoms with Gasteiger partial charge in [-0.15, -0.1) is 0 Å². The van der Waals surface area contributed by atoms with Crippen LogP contribution in [0, 0.1) is 0 Å². The molecule has 0 aliphatic carbocycles. The van der Waals surface area contributed by atoms with Gasteiger partial charge >= 0.3 is 5.97 Å². The number of fused-ring (bicyclic) bond motifs is 1. The fourth-order valence-electron chi connectivity index (χ4n) is 4.19. The average Bonchev–Trinajstić information content (AvgIpc) is 3.12. The summed E-state index contributed by atoms with van der Waals surface area (Å²) >= 11 is 1.32. The van der Waals surface area contributed by atoms with Crippen molar-refractivity contribution in [1.29, 1.82) is 0 Å². The van der Waals surface area contributed by atoms with Gasteiger partial charge < -0.3 is 9.47 Å². The molecule has 1 atom stereocenters. The summed E-state index contributed by atoms with van der Waals surface area (Å²) in [5.41, 5.74) is 3.71. The Balaban J connectivity index is 1.88. The molecule has 2 heterocycles. The van der Waals surface area contributed by atoms with Gasteiger partial charge in [0.1, 0.15) is 5.75 Å². The van der Waals surface area contributed by atoms with Crippen molar-refractivity contribution in [3.05, 3.63) is 96.2 Å². The second kappa shape index (κ2) is 9.90. The third-order valence-electron chi connectivity index (χ3n) is 6.09. The van der Waals surface area contributed by atoms with E-state index in [1.54, 1.807) is 32.4 Å². The Morgan fingerprint density at radius 2 is 1.72 bits per heavy atom. The highest BCUT2D eigenvalue weighted by atomic mass is 32.1. The fourth-order valence-corrected chi connectivity index (χ4v) is 5.24. The SMILES string of the molecule is COc1ccc(C2C(C(=O)OC(C)C)=C(C)N=c3s/c(=C\c4ccc(C(C)(C)C)cc4)c(=O)n32)cc1. The van der Waals surface area contributed by atoms with Crippen molar-refractivity contribution in [2.75, 3.05) is 7.11 Å². The number of allylic oxidation sites excluding steroid dienone is 1. The standard InChI is InChI=1S/C29H32N2O4S/c1-17(2)35-27(33)24-18(3)30-28-31(25(24)20-10-14-22(34-7)15-11-20)26(32)23(36-28)16-19-8-12-21(13-9-19)29(4,5)6/h8-17,25H,1-7H3/b23-16-. The topological polar surface area (TPSA) is 69.9 Å². The maximum Gasteiger partial charge on any atom is 0.338 e. The molecule has 1 unspecified atom stereocenters. The molecule has 1 aromatic heterocycles. The number of benzene rings is 2. The van der Waals surface area contributed by atoms with Gasteiger partial charge in [-0.3, -0.25) is 9.36 Å². The zero-order chi connectivity index (χ0) is 26.2. The van der Waals surface area contributed by atoms with Crippen LogP contribution < -0.4 is 19.6 Å². The van der Waals surface area contributed by atoms with Crippen LogP contribution in [0.4, 0.5) is 0 Å². The predicted octanol–water partition coefficient (Wildman–Crippen LogP) is 4.49. The van der Waals surface area contributed by atoms with Gasteiger partial charge in [0.2, 0.25) is 0 Å². The number of methoxy groups -OCH3 is 1. The molecule has 2 aromatic carbocycles. The maximum absolute atomic E-state index is 13.7. The number of carbonyl (C=O) groups excluding carboxylic acids is 1. The molecule has 0 amide bonds. The van der Waals surface area contributed by atoms with E-state index in [9.17, 15) is 9.59 Å². The first-order valence-corrected chi connectivity index (χ1v) is 12.8. The highest BCUT2D eigenvalue weighted by Crippen LogP contribution is 2.32. The Hall–Kier alpha value is -3.45. The lowest BCUT2D eigenvalue weighted by Crippen LogP contribution is -2.40. The molecule has 6 nitrogen and oxygen atoms in total. The van der Waals surface area contributed by atoms with Gasteiger partial charge in [0.25, 0.3) is 5.56 Å². The Morgan fingerprint density at radius 3 is 2.28 bits per heavy atom. The van der Waals surface area contributed by atoms with Gasteiger partial charge in [0.05, 0.1) is 35.1 Å². The zero-order valence-corrected chi connectivity index (χ0v) is 22.6. The van der Waals surface area contributed by atoms with Crippen molar-refractivity contribution < 1.29 is 14.3 Å². The normalized spacial score (nSPS) is 16.1. The molecule has 7 heteroatoms. The average molecular weight is 505 g/mol. The molecule has 0 radical (unpaired) electrons. The van der Waals surface area contributed by atoms with Gasteiger partial charge in [0, 0.05) is 0 Å². The second-order valence-electron chi connectivity index (χ2n) is 10.2. The third kappa shape index (κ3) is 5.07. The fraction of sp³-hybridized carbons (Fsp3) is 0.345. The van der Waals surface area contributed by atoms with E-state index in [-0.39, 0.29) is 17.1 Å². The highest BCUT2D eigenvalue weighted by molar-refractivity contribution is 7.07. The van der Waals surface area contributed by atoms with Crippen LogP contribution in [0.25, 0.3) is 6.08 Å². The molecule has 188 valence electrons. The second-order valence-corrected chi connectivity index (χ2v) is 11.2. The van der Waals surface area contributed by atoms with E-state index >= 15 is 0 Å². The lowest BCUT2D eigenvalue weighted by Gasteiger charge is -2.25. The maximum atomic E-state index is 13.7. The predicted molar refractivity (Wildman–Crippen MR) is 143 cm³/mol. The van der Waals surface area contributed by atoms with E-state index in [2.05, 4.69) is 37.9 Å². The summed E-state index contributed by atoms with van der Waals surface area (Å²) in [5.74, 6) is 0.219. The van der Waals surface area contributed by atoms with Crippen molar-refractivity contribution in [2.24, 2.45) is 4.99 Å². The number of hydrogen-bond acceptors (Lipinski definition) is 6. The van der Waals surface area contributed by atoms with Crippen molar-refractivity contribution >= 4 is 23.4 Å². The van der Waals surface area contributed by atoms with E-state index in [4.69, 9.17) is 9.47 Å². The van der Waals surface area contributed by atoms with E-state index in [1.165, 1.54) is 16.9 Å². The molecule has 3 aromatic rings. The summed E-state index contributed by atoms with van der Waals surface area (Å²) in [6.45, 7) is 11.9. The van der Waals surface area contributed by atoms with Crippen molar-refractivity contribution in [3.63, 3.8) is 0 Å². The Kier molecular flexibility index (Phi) is 7.05. The lowest BCUT2D eigenvalue weighted by molar-refractivity contribution is -0.143. The number of ether oxygens (including phenoxy) is 2. The quantitative estimate of drug-likeness (QED) is 0.480. The zero-order valence-electron chi connectivity index (χ0n) is 21.8. The number of nitrogens with zero attached hydrogens (tertiary/aromatic N) is 2. The van der Waals surface area contributed by atoms with E-state index < -0.39 is 12.0 Å². The molecule has 36 heavy (non-hydrogen) atoms. The van der Waals surface area contributed by atoms with Crippen LogP contribution in [0.2, 0.25) is 0 Å². The smallest absolute Gasteiger partial charge is 0.338 e. The Morgan fingerprint density at radius 1 is 1.08 bits per heavy atom. The van der Waals surface area contributed by atoms with Crippen LogP contribution in [0.15, 0.2) is 69.6 Å². The summed E-state index contributed by atoms with van der Waals surface area (Å²) in [6.07, 6.45) is 1.59. The molecule has 0 fully saturated rings. The first kappa shape index (κ1) is 25.6. The van der Waals surface area contributed by atoms with Crippen LogP contribution in [-0.4, -0.2) is 23.8 Å². The number of thiazole rings is 1. The van der Waals surface area contributed by atoms with Crippen molar-refractivity contribution in [2.45, 2.75) is 59.1 Å². The van der Waals surface area contributed by atoms with Crippen molar-refractivity contribution in [1.82, 2.24) is 4.57 Å². The minimum absolute atomic E-state index is 0.0504. The molecule has 0 saturated carbocycles. The first-order chi connectivity index (χ1) is 17.0. The van der Waals surface area contributed by atoms with Crippen LogP contribution in [0.5, 0.6) is 5.75 Å². The largest absolute Gasteiger partial charge is 0.497 e. The first-order valence-electron chi connectivity index (χ1n) is 12.0. The minimum atomic E-state index is -0.649. The molecule has 0 N–H and O–H groups in total. The van der Waals surface area contributed by atoms with Crippen LogP contribution in [-0.2, 0) is 14.9 Å². The molecule has 0 bridgehead atoms. The van der Waals surface area contributed by atoms with E-state index in [0.29, 0.717) is 26.4 Å². The number of aromatic nitrogens is 1. The molecular weight excluding hydrogens is 472 g/mol. The van der Waals surface area contributed by atoms with Gasteiger partial charge in [-0.05, 0) is 61.1 Å². The van der Waals surface area contributed by atoms with Gasteiger partial charge in [-0.1, -0.05) is 68.5 Å². The summed E-state index contributed by atoms with van der Waals surface area (Å²) < 4.78 is 13.0. The minimum Gasteiger partial charge on any atom is -0.497 e. The van der Waals surface area contributed by atoms with E-state index in [0.717, 1.165) is 11.1 Å². The molecule has 1 aliphatic heterocycles. The molecule has 1 aliphatic rings. The molecular formula is C29H32N2O4S. The third-order valence-corrected chi connectivity index (χ3v) is 7.07. The van der Waals surface area contributed by atoms with Gasteiger partial charge in [0.15, 0.2) is 4.80 Å². The van der Waals surface area contributed by atoms with Crippen LogP contribution >= 0.6 is 11.3 Å². The Bertz CT molecular complexity index is 1490. The molecule has 4 rings (SSSR count). The van der Waals surface area contributed by atoms with Gasteiger partial charge in [-0.25, -0.2) is 9.79 Å². The highest BCUT2D eigenvalue weighted by Gasteiger charge is 2.33. The van der Waals surface area contributed by atoms with Crippen LogP contribution in [0.1, 0.15) is 64.3 Å². The van der Waals surface area contributed by atoms with Crippen molar-refractivity contribution in [3.8, 4) is 5.75 Å². The monoisotopic (exact) mass is 504 g/mol. The number of carbonyl (C=O) groups is 1.